The Labute approximate surface area is 301 Å². The zero-order valence-electron chi connectivity index (χ0n) is 30.3. The fourth-order valence-corrected chi connectivity index (χ4v) is 6.99. The lowest BCUT2D eigenvalue weighted by atomic mass is 9.94. The van der Waals surface area contributed by atoms with E-state index in [-0.39, 0.29) is 35.5 Å². The van der Waals surface area contributed by atoms with Gasteiger partial charge in [0.15, 0.2) is 6.29 Å². The van der Waals surface area contributed by atoms with Gasteiger partial charge in [-0.1, -0.05) is 92.7 Å². The highest BCUT2D eigenvalue weighted by Crippen LogP contribution is 2.43. The number of hydrogen-bond donors (Lipinski definition) is 1. The van der Waals surface area contributed by atoms with Crippen molar-refractivity contribution in [3.63, 3.8) is 0 Å². The highest BCUT2D eigenvalue weighted by Gasteiger charge is 2.35. The molecule has 266 valence electrons. The normalized spacial score (nSPS) is 17.8. The number of rotatable bonds is 12. The van der Waals surface area contributed by atoms with Crippen LogP contribution in [0.1, 0.15) is 81.4 Å². The average molecular weight is 689 g/mol. The zero-order valence-corrected chi connectivity index (χ0v) is 30.3. The van der Waals surface area contributed by atoms with Crippen molar-refractivity contribution in [2.24, 2.45) is 0 Å². The summed E-state index contributed by atoms with van der Waals surface area (Å²) in [7, 11) is 0. The summed E-state index contributed by atoms with van der Waals surface area (Å²) in [6, 6.07) is 36.3. The fourth-order valence-electron chi connectivity index (χ4n) is 6.99. The Morgan fingerprint density at radius 1 is 0.863 bits per heavy atom. The van der Waals surface area contributed by atoms with E-state index < -0.39 is 6.29 Å². The Morgan fingerprint density at radius 3 is 2.12 bits per heavy atom. The maximum absolute atomic E-state index is 14.5. The summed E-state index contributed by atoms with van der Waals surface area (Å²) >= 11 is 0. The van der Waals surface area contributed by atoms with E-state index in [0.717, 1.165) is 33.6 Å². The number of amides is 1. The van der Waals surface area contributed by atoms with E-state index >= 15 is 0 Å². The molecule has 0 bridgehead atoms. The van der Waals surface area contributed by atoms with E-state index in [0.29, 0.717) is 43.7 Å². The van der Waals surface area contributed by atoms with E-state index in [4.69, 9.17) is 14.2 Å². The zero-order chi connectivity index (χ0) is 36.0. The molecule has 0 radical (unpaired) electrons. The molecule has 5 aromatic rings. The van der Waals surface area contributed by atoms with Gasteiger partial charge in [-0.15, -0.1) is 0 Å². The van der Waals surface area contributed by atoms with Gasteiger partial charge < -0.3 is 24.1 Å². The maximum Gasteiger partial charge on any atom is 0.258 e. The average Bonchev–Trinajstić information content (AvgIpc) is 3.46. The molecule has 0 saturated carbocycles. The van der Waals surface area contributed by atoms with Crippen LogP contribution in [0.25, 0.3) is 22.4 Å². The van der Waals surface area contributed by atoms with Gasteiger partial charge in [-0.05, 0) is 86.2 Å². The molecule has 6 rings (SSSR count). The number of anilines is 1. The molecule has 0 aliphatic carbocycles. The first-order valence-corrected chi connectivity index (χ1v) is 18.0. The molecule has 1 unspecified atom stereocenters. The van der Waals surface area contributed by atoms with Crippen LogP contribution in [-0.2, 0) is 27.4 Å². The molecular formula is C44H49FN2O4. The van der Waals surface area contributed by atoms with Crippen LogP contribution in [-0.4, -0.2) is 34.6 Å². The van der Waals surface area contributed by atoms with Crippen molar-refractivity contribution in [2.45, 2.75) is 97.0 Å². The predicted molar refractivity (Wildman–Crippen MR) is 202 cm³/mol. The van der Waals surface area contributed by atoms with E-state index in [1.165, 1.54) is 12.1 Å². The molecule has 6 nitrogen and oxygen atoms in total. The van der Waals surface area contributed by atoms with Crippen LogP contribution >= 0.6 is 0 Å². The molecule has 1 N–H and O–H groups in total. The minimum atomic E-state index is -0.414. The lowest BCUT2D eigenvalue weighted by Crippen LogP contribution is -2.42. The highest BCUT2D eigenvalue weighted by atomic mass is 19.1. The van der Waals surface area contributed by atoms with Gasteiger partial charge in [-0.25, -0.2) is 4.39 Å². The number of nitrogens with one attached hydrogen (secondary N) is 1. The molecule has 2 heterocycles. The van der Waals surface area contributed by atoms with Crippen molar-refractivity contribution in [3.8, 4) is 22.4 Å². The molecule has 1 saturated heterocycles. The van der Waals surface area contributed by atoms with Crippen LogP contribution in [0.15, 0.2) is 115 Å². The number of halogens is 1. The van der Waals surface area contributed by atoms with Gasteiger partial charge in [-0.3, -0.25) is 4.79 Å². The molecule has 1 aliphatic heterocycles. The first kappa shape index (κ1) is 36.2. The third-order valence-electron chi connectivity index (χ3n) is 9.10. The standard InChI is InChI=1S/C44H49FN2O4/c1-30(2)41-40(43(48)46-35-19-13-8-14-20-35)39(32-17-11-7-12-18-32)42(33-21-23-34(45)24-22-33)47(41)26-25-36-27-37(28-38(50-36)51-44(3,4)5)49-29-31-15-9-6-10-16-31/h6-24,30,36-38H,25-29H2,1-5H3,(H,46,48)/t36-,37-,38?/m1/s1. The summed E-state index contributed by atoms with van der Waals surface area (Å²) in [4.78, 5) is 14.5. The second-order valence-corrected chi connectivity index (χ2v) is 14.6. The second-order valence-electron chi connectivity index (χ2n) is 14.6. The first-order chi connectivity index (χ1) is 24.6. The topological polar surface area (TPSA) is 61.7 Å². The van der Waals surface area contributed by atoms with Crippen LogP contribution in [0.2, 0.25) is 0 Å². The largest absolute Gasteiger partial charge is 0.373 e. The Bertz CT molecular complexity index is 1870. The third kappa shape index (κ3) is 9.22. The SMILES string of the molecule is CC(C)c1c(C(=O)Nc2ccccc2)c(-c2ccccc2)c(-c2ccc(F)cc2)n1CC[C@@H]1C[C@@H](OCc2ccccc2)CC(OC(C)(C)C)O1. The van der Waals surface area contributed by atoms with Crippen molar-refractivity contribution in [1.29, 1.82) is 0 Å². The lowest BCUT2D eigenvalue weighted by molar-refractivity contribution is -0.256. The molecule has 1 aromatic heterocycles. The van der Waals surface area contributed by atoms with Crippen molar-refractivity contribution in [3.05, 3.63) is 138 Å². The molecule has 51 heavy (non-hydrogen) atoms. The number of hydrogen-bond acceptors (Lipinski definition) is 4. The molecular weight excluding hydrogens is 639 g/mol. The summed E-state index contributed by atoms with van der Waals surface area (Å²) in [5, 5.41) is 3.16. The van der Waals surface area contributed by atoms with Crippen molar-refractivity contribution in [2.75, 3.05) is 5.32 Å². The van der Waals surface area contributed by atoms with Gasteiger partial charge in [0, 0.05) is 36.3 Å². The van der Waals surface area contributed by atoms with Gasteiger partial charge in [0.1, 0.15) is 5.82 Å². The molecule has 1 amide bonds. The monoisotopic (exact) mass is 688 g/mol. The van der Waals surface area contributed by atoms with Crippen LogP contribution < -0.4 is 5.32 Å². The number of para-hydroxylation sites is 1. The Balaban J connectivity index is 1.40. The molecule has 7 heteroatoms. The summed E-state index contributed by atoms with van der Waals surface area (Å²) in [6.45, 7) is 11.4. The summed E-state index contributed by atoms with van der Waals surface area (Å²) in [5.41, 5.74) is 6.43. The molecule has 0 spiro atoms. The van der Waals surface area contributed by atoms with Crippen molar-refractivity contribution >= 4 is 11.6 Å². The second kappa shape index (κ2) is 16.2. The molecule has 3 atom stereocenters. The van der Waals surface area contributed by atoms with Crippen LogP contribution in [0.3, 0.4) is 0 Å². The minimum Gasteiger partial charge on any atom is -0.373 e. The maximum atomic E-state index is 14.5. The number of ether oxygens (including phenoxy) is 3. The Morgan fingerprint density at radius 2 is 1.49 bits per heavy atom. The first-order valence-electron chi connectivity index (χ1n) is 18.0. The smallest absolute Gasteiger partial charge is 0.258 e. The number of carbonyl (C=O) groups excluding carboxylic acids is 1. The number of nitrogens with zero attached hydrogens (tertiary/aromatic N) is 1. The van der Waals surface area contributed by atoms with E-state index in [1.807, 2.05) is 99.6 Å². The van der Waals surface area contributed by atoms with E-state index in [9.17, 15) is 9.18 Å². The highest BCUT2D eigenvalue weighted by molar-refractivity contribution is 6.12. The number of carbonyl (C=O) groups is 1. The van der Waals surface area contributed by atoms with E-state index in [1.54, 1.807) is 12.1 Å². The molecule has 1 fully saturated rings. The molecule has 4 aromatic carbocycles. The van der Waals surface area contributed by atoms with Gasteiger partial charge in [0.25, 0.3) is 5.91 Å². The van der Waals surface area contributed by atoms with Gasteiger partial charge in [-0.2, -0.15) is 0 Å². The Hall–Kier alpha value is -4.56. The van der Waals surface area contributed by atoms with Crippen LogP contribution in [0.4, 0.5) is 10.1 Å². The quantitative estimate of drug-likeness (QED) is 0.142. The summed E-state index contributed by atoms with van der Waals surface area (Å²) < 4.78 is 36.1. The van der Waals surface area contributed by atoms with E-state index in [2.05, 4.69) is 35.9 Å². The molecule has 1 aliphatic rings. The van der Waals surface area contributed by atoms with Gasteiger partial charge in [0.05, 0.1) is 35.7 Å². The van der Waals surface area contributed by atoms with Crippen LogP contribution in [0, 0.1) is 5.82 Å². The summed E-state index contributed by atoms with van der Waals surface area (Å²) in [5.74, 6) is -0.511. The fraction of sp³-hybridized carbons (Fsp3) is 0.341. The van der Waals surface area contributed by atoms with Crippen molar-refractivity contribution in [1.82, 2.24) is 4.57 Å². The number of aromatic nitrogens is 1. The summed E-state index contributed by atoms with van der Waals surface area (Å²) in [6.07, 6.45) is 1.40. The number of benzene rings is 4. The van der Waals surface area contributed by atoms with Crippen LogP contribution in [0.5, 0.6) is 0 Å². The van der Waals surface area contributed by atoms with Gasteiger partial charge in [0.2, 0.25) is 0 Å². The third-order valence-corrected chi connectivity index (χ3v) is 9.10. The minimum absolute atomic E-state index is 0.00983. The van der Waals surface area contributed by atoms with Crippen molar-refractivity contribution < 1.29 is 23.4 Å². The lowest BCUT2D eigenvalue weighted by Gasteiger charge is -2.38. The predicted octanol–water partition coefficient (Wildman–Crippen LogP) is 10.6. The van der Waals surface area contributed by atoms with Gasteiger partial charge >= 0.3 is 0 Å². The Kier molecular flexibility index (Phi) is 11.5.